The van der Waals surface area contributed by atoms with Gasteiger partial charge in [-0.25, -0.2) is 0 Å². The fraction of sp³-hybridized carbons (Fsp3) is 0.316. The van der Waals surface area contributed by atoms with Gasteiger partial charge in [0.1, 0.15) is 5.75 Å². The molecule has 22 heavy (non-hydrogen) atoms. The molecular formula is C19H23NO2. The molecule has 1 amide bonds. The van der Waals surface area contributed by atoms with Crippen LogP contribution in [0.25, 0.3) is 0 Å². The number of para-hydroxylation sites is 1. The van der Waals surface area contributed by atoms with Gasteiger partial charge in [-0.2, -0.15) is 0 Å². The monoisotopic (exact) mass is 297 g/mol. The second-order valence-electron chi connectivity index (χ2n) is 5.40. The molecule has 0 radical (unpaired) electrons. The van der Waals surface area contributed by atoms with Crippen LogP contribution in [0, 0.1) is 0 Å². The first-order valence-electron chi connectivity index (χ1n) is 7.75. The molecule has 0 aliphatic heterocycles. The summed E-state index contributed by atoms with van der Waals surface area (Å²) in [5.74, 6) is 0.837. The normalized spacial score (nSPS) is 11.7. The minimum atomic E-state index is 0.0384. The van der Waals surface area contributed by atoms with Crippen molar-refractivity contribution in [2.75, 3.05) is 6.61 Å². The predicted octanol–water partition coefficient (Wildman–Crippen LogP) is 3.59. The summed E-state index contributed by atoms with van der Waals surface area (Å²) in [6.45, 7) is 2.44. The van der Waals surface area contributed by atoms with Gasteiger partial charge in [0.15, 0.2) is 0 Å². The van der Waals surface area contributed by atoms with E-state index in [2.05, 4.69) is 17.4 Å². The largest absolute Gasteiger partial charge is 0.493 e. The number of aryl methyl sites for hydroxylation is 1. The van der Waals surface area contributed by atoms with Gasteiger partial charge in [0.05, 0.1) is 13.0 Å². The molecule has 0 heterocycles. The number of benzene rings is 2. The number of nitrogens with one attached hydrogen (secondary N) is 1. The van der Waals surface area contributed by atoms with Crippen LogP contribution in [-0.2, 0) is 11.2 Å². The molecule has 1 atom stereocenters. The predicted molar refractivity (Wildman–Crippen MR) is 88.9 cm³/mol. The third-order valence-electron chi connectivity index (χ3n) is 3.46. The number of hydrogen-bond acceptors (Lipinski definition) is 2. The van der Waals surface area contributed by atoms with Crippen LogP contribution < -0.4 is 10.1 Å². The highest BCUT2D eigenvalue weighted by Crippen LogP contribution is 2.08. The van der Waals surface area contributed by atoms with Crippen molar-refractivity contribution in [2.45, 2.75) is 32.2 Å². The van der Waals surface area contributed by atoms with Gasteiger partial charge < -0.3 is 10.1 Å². The fourth-order valence-corrected chi connectivity index (χ4v) is 2.23. The summed E-state index contributed by atoms with van der Waals surface area (Å²) in [6.07, 6.45) is 2.29. The lowest BCUT2D eigenvalue weighted by molar-refractivity contribution is -0.122. The van der Waals surface area contributed by atoms with E-state index in [-0.39, 0.29) is 11.9 Å². The minimum Gasteiger partial charge on any atom is -0.493 e. The third kappa shape index (κ3) is 6.00. The van der Waals surface area contributed by atoms with E-state index in [4.69, 9.17) is 4.74 Å². The van der Waals surface area contributed by atoms with Crippen molar-refractivity contribution in [3.63, 3.8) is 0 Å². The summed E-state index contributed by atoms with van der Waals surface area (Å²) in [7, 11) is 0. The van der Waals surface area contributed by atoms with E-state index in [1.54, 1.807) is 0 Å². The Labute approximate surface area is 132 Å². The average Bonchev–Trinajstić information content (AvgIpc) is 2.55. The molecule has 0 aliphatic carbocycles. The summed E-state index contributed by atoms with van der Waals surface area (Å²) < 4.78 is 5.53. The third-order valence-corrected chi connectivity index (χ3v) is 3.46. The summed E-state index contributed by atoms with van der Waals surface area (Å²) in [5.41, 5.74) is 1.30. The van der Waals surface area contributed by atoms with Crippen molar-refractivity contribution in [3.05, 3.63) is 66.2 Å². The summed E-state index contributed by atoms with van der Waals surface area (Å²) in [5, 5.41) is 3.02. The van der Waals surface area contributed by atoms with Gasteiger partial charge in [-0.15, -0.1) is 0 Å². The van der Waals surface area contributed by atoms with E-state index in [1.807, 2.05) is 55.5 Å². The molecule has 2 aromatic carbocycles. The molecule has 2 rings (SSSR count). The molecule has 1 unspecified atom stereocenters. The number of amides is 1. The van der Waals surface area contributed by atoms with E-state index in [1.165, 1.54) is 5.56 Å². The van der Waals surface area contributed by atoms with E-state index in [0.29, 0.717) is 13.0 Å². The lowest BCUT2D eigenvalue weighted by atomic mass is 10.1. The first-order chi connectivity index (χ1) is 10.7. The molecule has 3 heteroatoms. The zero-order valence-corrected chi connectivity index (χ0v) is 13.0. The van der Waals surface area contributed by atoms with Crippen molar-refractivity contribution >= 4 is 5.91 Å². The number of rotatable bonds is 8. The van der Waals surface area contributed by atoms with Crippen molar-refractivity contribution in [1.29, 1.82) is 0 Å². The smallest absolute Gasteiger partial charge is 0.223 e. The molecule has 0 saturated heterocycles. The van der Waals surface area contributed by atoms with Gasteiger partial charge in [-0.1, -0.05) is 48.5 Å². The van der Waals surface area contributed by atoms with E-state index in [0.717, 1.165) is 18.6 Å². The molecule has 3 nitrogen and oxygen atoms in total. The highest BCUT2D eigenvalue weighted by atomic mass is 16.5. The maximum absolute atomic E-state index is 11.9. The van der Waals surface area contributed by atoms with Crippen molar-refractivity contribution in [3.8, 4) is 5.75 Å². The van der Waals surface area contributed by atoms with Crippen molar-refractivity contribution in [2.24, 2.45) is 0 Å². The quantitative estimate of drug-likeness (QED) is 0.808. The summed E-state index contributed by atoms with van der Waals surface area (Å²) in [4.78, 5) is 11.9. The van der Waals surface area contributed by atoms with Gasteiger partial charge in [-0.3, -0.25) is 4.79 Å². The molecule has 2 aromatic rings. The van der Waals surface area contributed by atoms with Gasteiger partial charge in [0, 0.05) is 6.04 Å². The van der Waals surface area contributed by atoms with E-state index < -0.39 is 0 Å². The van der Waals surface area contributed by atoms with Crippen LogP contribution in [0.2, 0.25) is 0 Å². The number of hydrogen-bond donors (Lipinski definition) is 1. The van der Waals surface area contributed by atoms with E-state index >= 15 is 0 Å². The fourth-order valence-electron chi connectivity index (χ4n) is 2.23. The molecule has 0 saturated carbocycles. The topological polar surface area (TPSA) is 38.3 Å². The molecule has 0 aliphatic rings. The van der Waals surface area contributed by atoms with Crippen LogP contribution in [0.5, 0.6) is 5.75 Å². The number of ether oxygens (including phenoxy) is 1. The van der Waals surface area contributed by atoms with Crippen molar-refractivity contribution in [1.82, 2.24) is 5.32 Å². The highest BCUT2D eigenvalue weighted by Gasteiger charge is 2.07. The molecule has 0 fully saturated rings. The van der Waals surface area contributed by atoms with Crippen LogP contribution in [0.15, 0.2) is 60.7 Å². The Bertz CT molecular complexity index is 554. The maximum atomic E-state index is 11.9. The molecule has 116 valence electrons. The van der Waals surface area contributed by atoms with Crippen molar-refractivity contribution < 1.29 is 9.53 Å². The number of carbonyl (C=O) groups excluding carboxylic acids is 1. The van der Waals surface area contributed by atoms with Gasteiger partial charge >= 0.3 is 0 Å². The Morgan fingerprint density at radius 3 is 2.36 bits per heavy atom. The van der Waals surface area contributed by atoms with Gasteiger partial charge in [-0.05, 0) is 37.5 Å². The Morgan fingerprint density at radius 2 is 1.68 bits per heavy atom. The highest BCUT2D eigenvalue weighted by molar-refractivity contribution is 5.76. The lowest BCUT2D eigenvalue weighted by Crippen LogP contribution is -2.33. The standard InChI is InChI=1S/C19H23NO2/c1-16(12-13-17-8-4-2-5-9-17)20-19(21)14-15-22-18-10-6-3-7-11-18/h2-11,16H,12-15H2,1H3,(H,20,21). The average molecular weight is 297 g/mol. The SMILES string of the molecule is CC(CCc1ccccc1)NC(=O)CCOc1ccccc1. The molecular weight excluding hydrogens is 274 g/mol. The maximum Gasteiger partial charge on any atom is 0.223 e. The van der Waals surface area contributed by atoms with E-state index in [9.17, 15) is 4.79 Å². The molecule has 0 bridgehead atoms. The Morgan fingerprint density at radius 1 is 1.05 bits per heavy atom. The molecule has 0 aromatic heterocycles. The molecule has 1 N–H and O–H groups in total. The molecule has 0 spiro atoms. The lowest BCUT2D eigenvalue weighted by Gasteiger charge is -2.14. The summed E-state index contributed by atoms with van der Waals surface area (Å²) in [6, 6.07) is 20.0. The second-order valence-corrected chi connectivity index (χ2v) is 5.40. The van der Waals surface area contributed by atoms with Gasteiger partial charge in [0.2, 0.25) is 5.91 Å². The second kappa shape index (κ2) is 8.88. The Kier molecular flexibility index (Phi) is 6.49. The Balaban J connectivity index is 1.62. The Hall–Kier alpha value is -2.29. The summed E-state index contributed by atoms with van der Waals surface area (Å²) >= 11 is 0. The van der Waals surface area contributed by atoms with Gasteiger partial charge in [0.25, 0.3) is 0 Å². The van der Waals surface area contributed by atoms with Crippen LogP contribution >= 0.6 is 0 Å². The zero-order chi connectivity index (χ0) is 15.6. The van der Waals surface area contributed by atoms with Crippen LogP contribution in [0.4, 0.5) is 0 Å². The first-order valence-corrected chi connectivity index (χ1v) is 7.75. The van der Waals surface area contributed by atoms with Crippen LogP contribution in [0.3, 0.4) is 0 Å². The number of carbonyl (C=O) groups is 1. The first kappa shape index (κ1) is 16.1. The van der Waals surface area contributed by atoms with Crippen LogP contribution in [-0.4, -0.2) is 18.6 Å². The minimum absolute atomic E-state index is 0.0384. The van der Waals surface area contributed by atoms with Crippen LogP contribution in [0.1, 0.15) is 25.3 Å². The zero-order valence-electron chi connectivity index (χ0n) is 13.0.